The molecule has 3 rings (SSSR count). The molecule has 138 valence electrons. The number of nitrogens with one attached hydrogen (secondary N) is 1. The molecule has 8 heteroatoms. The van der Waals surface area contributed by atoms with E-state index in [2.05, 4.69) is 10.5 Å². The highest BCUT2D eigenvalue weighted by Gasteiger charge is 2.14. The molecule has 0 bridgehead atoms. The van der Waals surface area contributed by atoms with Crippen molar-refractivity contribution in [2.75, 3.05) is 5.43 Å². The summed E-state index contributed by atoms with van der Waals surface area (Å²) in [4.78, 5) is 23.7. The second kappa shape index (κ2) is 7.51. The van der Waals surface area contributed by atoms with E-state index in [1.165, 1.54) is 24.4 Å². The van der Waals surface area contributed by atoms with Crippen LogP contribution in [-0.2, 0) is 7.05 Å². The number of anilines is 1. The average Bonchev–Trinajstić information content (AvgIpc) is 2.87. The standard InChI is InChI=1S/C19H17ClN4O3/c1-12-17(23(2)24(18(12)25)14-6-4-3-5-7-14)11-21-22-16-10-13(19(26)27)8-9-15(16)20/h3-11,22H,1-2H3,(H,26,27)/b21-11-. The Labute approximate surface area is 160 Å². The molecular formula is C19H17ClN4O3. The van der Waals surface area contributed by atoms with Crippen molar-refractivity contribution in [2.24, 2.45) is 12.1 Å². The molecule has 0 saturated carbocycles. The van der Waals surface area contributed by atoms with Gasteiger partial charge in [0, 0.05) is 12.6 Å². The summed E-state index contributed by atoms with van der Waals surface area (Å²) < 4.78 is 3.25. The van der Waals surface area contributed by atoms with Gasteiger partial charge in [0.1, 0.15) is 0 Å². The van der Waals surface area contributed by atoms with Gasteiger partial charge in [-0.15, -0.1) is 0 Å². The maximum Gasteiger partial charge on any atom is 0.335 e. The topological polar surface area (TPSA) is 88.6 Å². The smallest absolute Gasteiger partial charge is 0.335 e. The molecule has 3 aromatic rings. The van der Waals surface area contributed by atoms with Crippen LogP contribution in [0.4, 0.5) is 5.69 Å². The van der Waals surface area contributed by atoms with Gasteiger partial charge in [-0.3, -0.25) is 14.9 Å². The van der Waals surface area contributed by atoms with E-state index in [1.807, 2.05) is 30.3 Å². The fourth-order valence-corrected chi connectivity index (χ4v) is 2.86. The molecule has 1 aromatic heterocycles. The molecule has 0 fully saturated rings. The molecule has 0 spiro atoms. The third kappa shape index (κ3) is 3.63. The van der Waals surface area contributed by atoms with Gasteiger partial charge in [-0.05, 0) is 37.3 Å². The Bertz CT molecular complexity index is 1080. The van der Waals surface area contributed by atoms with Gasteiger partial charge in [0.15, 0.2) is 0 Å². The lowest BCUT2D eigenvalue weighted by atomic mass is 10.2. The summed E-state index contributed by atoms with van der Waals surface area (Å²) >= 11 is 6.07. The van der Waals surface area contributed by atoms with Crippen molar-refractivity contribution in [3.05, 3.63) is 80.7 Å². The highest BCUT2D eigenvalue weighted by atomic mass is 35.5. The maximum absolute atomic E-state index is 12.6. The predicted octanol–water partition coefficient (Wildman–Crippen LogP) is 3.28. The van der Waals surface area contributed by atoms with Crippen LogP contribution in [0.1, 0.15) is 21.6 Å². The summed E-state index contributed by atoms with van der Waals surface area (Å²) in [5, 5.41) is 13.5. The fraction of sp³-hybridized carbons (Fsp3) is 0.105. The number of nitrogens with zero attached hydrogens (tertiary/aromatic N) is 3. The number of benzene rings is 2. The number of hydrazone groups is 1. The number of aromatic carboxylic acids is 1. The van der Waals surface area contributed by atoms with Crippen LogP contribution in [0, 0.1) is 6.92 Å². The quantitative estimate of drug-likeness (QED) is 0.522. The molecule has 0 saturated heterocycles. The number of halogens is 1. The van der Waals surface area contributed by atoms with E-state index in [-0.39, 0.29) is 11.1 Å². The highest BCUT2D eigenvalue weighted by molar-refractivity contribution is 6.33. The number of hydrogen-bond donors (Lipinski definition) is 2. The molecule has 0 amide bonds. The lowest BCUT2D eigenvalue weighted by molar-refractivity contribution is 0.0697. The van der Waals surface area contributed by atoms with Crippen molar-refractivity contribution in [1.29, 1.82) is 0 Å². The zero-order valence-corrected chi connectivity index (χ0v) is 15.4. The summed E-state index contributed by atoms with van der Waals surface area (Å²) in [6, 6.07) is 13.6. The van der Waals surface area contributed by atoms with Crippen molar-refractivity contribution in [3.8, 4) is 5.69 Å². The molecule has 0 aliphatic carbocycles. The predicted molar refractivity (Wildman–Crippen MR) is 105 cm³/mol. The monoisotopic (exact) mass is 384 g/mol. The van der Waals surface area contributed by atoms with Gasteiger partial charge in [0.25, 0.3) is 5.56 Å². The lowest BCUT2D eigenvalue weighted by Gasteiger charge is -2.08. The van der Waals surface area contributed by atoms with Crippen molar-refractivity contribution < 1.29 is 9.90 Å². The minimum absolute atomic E-state index is 0.0934. The third-order valence-corrected chi connectivity index (χ3v) is 4.46. The fourth-order valence-electron chi connectivity index (χ4n) is 2.70. The first-order valence-electron chi connectivity index (χ1n) is 8.06. The minimum Gasteiger partial charge on any atom is -0.478 e. The second-order valence-electron chi connectivity index (χ2n) is 5.86. The molecule has 2 aromatic carbocycles. The van der Waals surface area contributed by atoms with Crippen molar-refractivity contribution in [1.82, 2.24) is 9.36 Å². The summed E-state index contributed by atoms with van der Waals surface area (Å²) in [5.41, 5.74) is 4.94. The summed E-state index contributed by atoms with van der Waals surface area (Å²) in [6.45, 7) is 1.72. The zero-order chi connectivity index (χ0) is 19.6. The number of rotatable bonds is 5. The largest absolute Gasteiger partial charge is 0.478 e. The van der Waals surface area contributed by atoms with E-state index in [1.54, 1.807) is 23.3 Å². The van der Waals surface area contributed by atoms with E-state index < -0.39 is 5.97 Å². The van der Waals surface area contributed by atoms with Crippen LogP contribution in [-0.4, -0.2) is 26.7 Å². The number of carboxylic acids is 1. The van der Waals surface area contributed by atoms with Gasteiger partial charge in [-0.1, -0.05) is 29.8 Å². The number of aromatic nitrogens is 2. The first kappa shape index (κ1) is 18.5. The average molecular weight is 385 g/mol. The Kier molecular flexibility index (Phi) is 5.14. The molecule has 0 radical (unpaired) electrons. The van der Waals surface area contributed by atoms with Crippen molar-refractivity contribution in [3.63, 3.8) is 0 Å². The van der Waals surface area contributed by atoms with E-state index in [0.29, 0.717) is 22.0 Å². The maximum atomic E-state index is 12.6. The van der Waals surface area contributed by atoms with Crippen LogP contribution in [0.25, 0.3) is 5.69 Å². The van der Waals surface area contributed by atoms with Crippen LogP contribution in [0.15, 0.2) is 58.4 Å². The van der Waals surface area contributed by atoms with Crippen molar-refractivity contribution >= 4 is 29.5 Å². The first-order valence-corrected chi connectivity index (χ1v) is 8.44. The van der Waals surface area contributed by atoms with E-state index in [0.717, 1.165) is 5.69 Å². The Morgan fingerprint density at radius 1 is 1.22 bits per heavy atom. The molecule has 27 heavy (non-hydrogen) atoms. The molecule has 1 heterocycles. The summed E-state index contributed by atoms with van der Waals surface area (Å²) in [7, 11) is 1.76. The minimum atomic E-state index is -1.06. The van der Waals surface area contributed by atoms with Gasteiger partial charge in [-0.25, -0.2) is 9.48 Å². The van der Waals surface area contributed by atoms with E-state index >= 15 is 0 Å². The lowest BCUT2D eigenvalue weighted by Crippen LogP contribution is -2.20. The molecule has 0 aliphatic heterocycles. The van der Waals surface area contributed by atoms with Crippen LogP contribution in [0.3, 0.4) is 0 Å². The summed E-state index contributed by atoms with van der Waals surface area (Å²) in [6.07, 6.45) is 1.50. The van der Waals surface area contributed by atoms with Crippen LogP contribution >= 0.6 is 11.6 Å². The van der Waals surface area contributed by atoms with E-state index in [9.17, 15) is 9.59 Å². The first-order chi connectivity index (χ1) is 12.9. The van der Waals surface area contributed by atoms with E-state index in [4.69, 9.17) is 16.7 Å². The number of carboxylic acid groups (broad SMARTS) is 1. The number of para-hydroxylation sites is 1. The normalized spacial score (nSPS) is 11.1. The van der Waals surface area contributed by atoms with Crippen LogP contribution in [0.2, 0.25) is 5.02 Å². The Hall–Kier alpha value is -3.32. The van der Waals surface area contributed by atoms with Gasteiger partial charge in [0.05, 0.1) is 33.9 Å². The van der Waals surface area contributed by atoms with Gasteiger partial charge >= 0.3 is 5.97 Å². The number of carbonyl (C=O) groups is 1. The highest BCUT2D eigenvalue weighted by Crippen LogP contribution is 2.23. The Balaban J connectivity index is 1.92. The number of hydrogen-bond acceptors (Lipinski definition) is 4. The zero-order valence-electron chi connectivity index (χ0n) is 14.7. The molecule has 7 nitrogen and oxygen atoms in total. The van der Waals surface area contributed by atoms with Gasteiger partial charge in [-0.2, -0.15) is 5.10 Å². The molecular weight excluding hydrogens is 368 g/mol. The molecule has 0 aliphatic rings. The SMILES string of the molecule is Cc1c(/C=N\Nc2cc(C(=O)O)ccc2Cl)n(C)n(-c2ccccc2)c1=O. The van der Waals surface area contributed by atoms with Crippen molar-refractivity contribution in [2.45, 2.75) is 6.92 Å². The summed E-state index contributed by atoms with van der Waals surface area (Å²) in [5.74, 6) is -1.06. The molecule has 0 atom stereocenters. The van der Waals surface area contributed by atoms with Gasteiger partial charge in [0.2, 0.25) is 0 Å². The second-order valence-corrected chi connectivity index (χ2v) is 6.26. The Morgan fingerprint density at radius 3 is 2.59 bits per heavy atom. The Morgan fingerprint density at radius 2 is 1.93 bits per heavy atom. The van der Waals surface area contributed by atoms with Crippen LogP contribution in [0.5, 0.6) is 0 Å². The molecule has 2 N–H and O–H groups in total. The van der Waals surface area contributed by atoms with Gasteiger partial charge < -0.3 is 5.11 Å². The third-order valence-electron chi connectivity index (χ3n) is 4.13. The molecule has 0 unspecified atom stereocenters. The van der Waals surface area contributed by atoms with Crippen LogP contribution < -0.4 is 11.0 Å².